The number of benzene rings is 3. The molecule has 0 radical (unpaired) electrons. The number of hydrogen-bond donors (Lipinski definition) is 0. The van der Waals surface area contributed by atoms with Crippen LogP contribution in [0, 0.1) is 6.92 Å². The van der Waals surface area contributed by atoms with Gasteiger partial charge in [0, 0.05) is 12.5 Å². The summed E-state index contributed by atoms with van der Waals surface area (Å²) < 4.78 is 16.2. The van der Waals surface area contributed by atoms with Gasteiger partial charge < -0.3 is 13.9 Å². The molecule has 0 fully saturated rings. The Kier molecular flexibility index (Phi) is 6.12. The summed E-state index contributed by atoms with van der Waals surface area (Å²) in [6, 6.07) is 23.8. The van der Waals surface area contributed by atoms with Gasteiger partial charge in [0.2, 0.25) is 5.89 Å². The Morgan fingerprint density at radius 3 is 2.09 bits per heavy atom. The van der Waals surface area contributed by atoms with Gasteiger partial charge in [-0.05, 0) is 54.4 Å². The highest BCUT2D eigenvalue weighted by Gasteiger charge is 2.14. The van der Waals surface area contributed by atoms with Crippen molar-refractivity contribution in [2.75, 3.05) is 0 Å². The molecule has 6 heteroatoms. The number of rotatable bonds is 6. The molecule has 1 aromatic heterocycles. The van der Waals surface area contributed by atoms with Crippen LogP contribution in [0.1, 0.15) is 28.7 Å². The molecule has 0 aliphatic carbocycles. The number of ether oxygens (including phenoxy) is 2. The van der Waals surface area contributed by atoms with Gasteiger partial charge in [0.15, 0.2) is 0 Å². The number of hydrogen-bond acceptors (Lipinski definition) is 6. The maximum absolute atomic E-state index is 12.5. The Bertz CT molecular complexity index is 1230. The third kappa shape index (κ3) is 4.92. The number of carbonyl (C=O) groups excluding carboxylic acids is 2. The van der Waals surface area contributed by atoms with Crippen LogP contribution in [0.3, 0.4) is 0 Å². The van der Waals surface area contributed by atoms with Gasteiger partial charge in [-0.2, -0.15) is 0 Å². The SMILES string of the molecule is CC(=O)Oc1ccc(-c2ccc(C(=O)OCc3nc(-c4ccccc4)oc3C)cc2)cc1. The summed E-state index contributed by atoms with van der Waals surface area (Å²) in [6.07, 6.45) is 0. The standard InChI is InChI=1S/C26H21NO5/c1-17-24(27-25(31-17)21-6-4-3-5-7-21)16-30-26(29)22-10-8-19(9-11-22)20-12-14-23(15-13-20)32-18(2)28/h3-15H,16H2,1-2H3. The average molecular weight is 427 g/mol. The number of carbonyl (C=O) groups is 2. The molecule has 0 aliphatic rings. The summed E-state index contributed by atoms with van der Waals surface area (Å²) in [6.45, 7) is 3.18. The molecule has 4 rings (SSSR count). The predicted molar refractivity (Wildman–Crippen MR) is 119 cm³/mol. The molecule has 0 spiro atoms. The molecule has 0 amide bonds. The molecule has 3 aromatic carbocycles. The van der Waals surface area contributed by atoms with Crippen molar-refractivity contribution < 1.29 is 23.5 Å². The Morgan fingerprint density at radius 1 is 0.844 bits per heavy atom. The van der Waals surface area contributed by atoms with E-state index in [0.29, 0.717) is 28.7 Å². The van der Waals surface area contributed by atoms with E-state index in [9.17, 15) is 9.59 Å². The van der Waals surface area contributed by atoms with Gasteiger partial charge in [0.1, 0.15) is 23.8 Å². The minimum absolute atomic E-state index is 0.0281. The minimum Gasteiger partial charge on any atom is -0.455 e. The van der Waals surface area contributed by atoms with E-state index in [4.69, 9.17) is 13.9 Å². The largest absolute Gasteiger partial charge is 0.455 e. The number of aryl methyl sites for hydroxylation is 1. The third-order valence-electron chi connectivity index (χ3n) is 4.82. The Labute approximate surface area is 185 Å². The van der Waals surface area contributed by atoms with Crippen LogP contribution >= 0.6 is 0 Å². The van der Waals surface area contributed by atoms with Crippen LogP contribution in [-0.2, 0) is 16.1 Å². The van der Waals surface area contributed by atoms with Crippen molar-refractivity contribution in [1.82, 2.24) is 4.98 Å². The van der Waals surface area contributed by atoms with Crippen LogP contribution < -0.4 is 4.74 Å². The van der Waals surface area contributed by atoms with E-state index in [2.05, 4.69) is 4.98 Å². The maximum Gasteiger partial charge on any atom is 0.338 e. The molecule has 0 N–H and O–H groups in total. The van der Waals surface area contributed by atoms with Crippen LogP contribution in [0.25, 0.3) is 22.6 Å². The van der Waals surface area contributed by atoms with Crippen LogP contribution in [0.5, 0.6) is 5.75 Å². The van der Waals surface area contributed by atoms with Gasteiger partial charge in [-0.1, -0.05) is 42.5 Å². The van der Waals surface area contributed by atoms with Gasteiger partial charge in [0.25, 0.3) is 0 Å². The van der Waals surface area contributed by atoms with Crippen molar-refractivity contribution in [3.05, 3.63) is 95.9 Å². The fourth-order valence-corrected chi connectivity index (χ4v) is 3.16. The van der Waals surface area contributed by atoms with Crippen molar-refractivity contribution in [3.8, 4) is 28.3 Å². The first-order valence-electron chi connectivity index (χ1n) is 10.1. The van der Waals surface area contributed by atoms with E-state index in [-0.39, 0.29) is 12.6 Å². The van der Waals surface area contributed by atoms with E-state index < -0.39 is 5.97 Å². The zero-order valence-electron chi connectivity index (χ0n) is 17.7. The van der Waals surface area contributed by atoms with E-state index in [0.717, 1.165) is 16.7 Å². The lowest BCUT2D eigenvalue weighted by Gasteiger charge is -2.06. The second kappa shape index (κ2) is 9.31. The molecule has 6 nitrogen and oxygen atoms in total. The molecule has 0 saturated carbocycles. The van der Waals surface area contributed by atoms with Crippen molar-refractivity contribution >= 4 is 11.9 Å². The van der Waals surface area contributed by atoms with E-state index >= 15 is 0 Å². The topological polar surface area (TPSA) is 78.6 Å². The fourth-order valence-electron chi connectivity index (χ4n) is 3.16. The predicted octanol–water partition coefficient (Wildman–Crippen LogP) is 5.60. The first-order chi connectivity index (χ1) is 15.5. The fraction of sp³-hybridized carbons (Fsp3) is 0.115. The van der Waals surface area contributed by atoms with Crippen molar-refractivity contribution in [2.45, 2.75) is 20.5 Å². The van der Waals surface area contributed by atoms with Crippen LogP contribution in [0.15, 0.2) is 83.3 Å². The van der Waals surface area contributed by atoms with E-state index in [1.165, 1.54) is 6.92 Å². The average Bonchev–Trinajstić information content (AvgIpc) is 3.19. The van der Waals surface area contributed by atoms with Crippen molar-refractivity contribution in [2.24, 2.45) is 0 Å². The molecule has 0 saturated heterocycles. The second-order valence-corrected chi connectivity index (χ2v) is 7.16. The quantitative estimate of drug-likeness (QED) is 0.294. The van der Waals surface area contributed by atoms with Crippen LogP contribution in [0.4, 0.5) is 0 Å². The Balaban J connectivity index is 1.39. The maximum atomic E-state index is 12.5. The van der Waals surface area contributed by atoms with E-state index in [1.54, 1.807) is 31.2 Å². The number of nitrogens with zero attached hydrogens (tertiary/aromatic N) is 1. The lowest BCUT2D eigenvalue weighted by molar-refractivity contribution is -0.131. The summed E-state index contributed by atoms with van der Waals surface area (Å²) in [7, 11) is 0. The molecule has 0 aliphatic heterocycles. The minimum atomic E-state index is -0.439. The Hall–Kier alpha value is -4.19. The molecule has 1 heterocycles. The number of esters is 2. The zero-order chi connectivity index (χ0) is 22.5. The lowest BCUT2D eigenvalue weighted by atomic mass is 10.0. The van der Waals surface area contributed by atoms with Gasteiger partial charge in [-0.3, -0.25) is 4.79 Å². The first kappa shape index (κ1) is 21.1. The molecule has 0 bridgehead atoms. The monoisotopic (exact) mass is 427 g/mol. The molecule has 0 unspecified atom stereocenters. The van der Waals surface area contributed by atoms with Gasteiger partial charge in [0.05, 0.1) is 5.56 Å². The van der Waals surface area contributed by atoms with E-state index in [1.807, 2.05) is 54.6 Å². The molecule has 4 aromatic rings. The molecule has 32 heavy (non-hydrogen) atoms. The molecule has 160 valence electrons. The normalized spacial score (nSPS) is 10.6. The smallest absolute Gasteiger partial charge is 0.338 e. The molecular weight excluding hydrogens is 406 g/mol. The highest BCUT2D eigenvalue weighted by Crippen LogP contribution is 2.24. The summed E-state index contributed by atoms with van der Waals surface area (Å²) in [4.78, 5) is 27.9. The third-order valence-corrected chi connectivity index (χ3v) is 4.82. The molecular formula is C26H21NO5. The first-order valence-corrected chi connectivity index (χ1v) is 10.1. The molecule has 0 atom stereocenters. The van der Waals surface area contributed by atoms with Gasteiger partial charge in [-0.25, -0.2) is 9.78 Å². The Morgan fingerprint density at radius 2 is 1.47 bits per heavy atom. The lowest BCUT2D eigenvalue weighted by Crippen LogP contribution is -2.06. The summed E-state index contributed by atoms with van der Waals surface area (Å²) in [5, 5.41) is 0. The number of oxazole rings is 1. The number of aromatic nitrogens is 1. The van der Waals surface area contributed by atoms with Gasteiger partial charge >= 0.3 is 11.9 Å². The van der Waals surface area contributed by atoms with Crippen LogP contribution in [-0.4, -0.2) is 16.9 Å². The highest BCUT2D eigenvalue weighted by atomic mass is 16.5. The zero-order valence-corrected chi connectivity index (χ0v) is 17.7. The summed E-state index contributed by atoms with van der Waals surface area (Å²) in [5.41, 5.74) is 3.75. The summed E-state index contributed by atoms with van der Waals surface area (Å²) >= 11 is 0. The second-order valence-electron chi connectivity index (χ2n) is 7.16. The summed E-state index contributed by atoms with van der Waals surface area (Å²) in [5.74, 6) is 0.797. The van der Waals surface area contributed by atoms with Crippen LogP contribution in [0.2, 0.25) is 0 Å². The van der Waals surface area contributed by atoms with Crippen molar-refractivity contribution in [3.63, 3.8) is 0 Å². The van der Waals surface area contributed by atoms with Gasteiger partial charge in [-0.15, -0.1) is 0 Å². The highest BCUT2D eigenvalue weighted by molar-refractivity contribution is 5.90. The van der Waals surface area contributed by atoms with Crippen molar-refractivity contribution in [1.29, 1.82) is 0 Å².